The molecule has 0 N–H and O–H groups in total. The first-order valence-corrected chi connectivity index (χ1v) is 8.69. The fourth-order valence-electron chi connectivity index (χ4n) is 2.02. The maximum atomic E-state index is 12.7. The summed E-state index contributed by atoms with van der Waals surface area (Å²) < 4.78 is 27.4. The molecule has 21 heavy (non-hydrogen) atoms. The molecule has 2 rings (SSSR count). The van der Waals surface area contributed by atoms with E-state index in [-0.39, 0.29) is 6.54 Å². The van der Waals surface area contributed by atoms with Crippen molar-refractivity contribution in [1.82, 2.24) is 9.29 Å². The number of sulfonamides is 1. The van der Waals surface area contributed by atoms with Gasteiger partial charge in [-0.1, -0.05) is 28.1 Å². The van der Waals surface area contributed by atoms with Crippen LogP contribution < -0.4 is 0 Å². The van der Waals surface area contributed by atoms with Crippen molar-refractivity contribution in [2.24, 2.45) is 0 Å². The molecule has 0 spiro atoms. The van der Waals surface area contributed by atoms with Gasteiger partial charge in [0, 0.05) is 17.2 Å². The molecular weight excluding hydrogens is 352 g/mol. The first kappa shape index (κ1) is 16.1. The molecule has 0 aliphatic rings. The molecule has 1 heterocycles. The monoisotopic (exact) mass is 368 g/mol. The number of benzene rings is 1. The van der Waals surface area contributed by atoms with E-state index < -0.39 is 10.0 Å². The highest BCUT2D eigenvalue weighted by Gasteiger charge is 2.23. The van der Waals surface area contributed by atoms with Crippen LogP contribution in [-0.2, 0) is 16.6 Å². The van der Waals surface area contributed by atoms with Crippen molar-refractivity contribution in [2.75, 3.05) is 7.05 Å². The lowest BCUT2D eigenvalue weighted by Gasteiger charge is -2.18. The minimum absolute atomic E-state index is 0.246. The van der Waals surface area contributed by atoms with Gasteiger partial charge in [0.15, 0.2) is 0 Å². The molecule has 0 aliphatic heterocycles. The number of aryl methyl sites for hydroxylation is 2. The third-order valence-corrected chi connectivity index (χ3v) is 5.61. The number of rotatable bonds is 4. The largest absolute Gasteiger partial charge is 0.257 e. The molecule has 0 fully saturated rings. The van der Waals surface area contributed by atoms with Gasteiger partial charge in [-0.05, 0) is 43.7 Å². The summed E-state index contributed by atoms with van der Waals surface area (Å²) in [6.07, 6.45) is 0. The Morgan fingerprint density at radius 3 is 2.57 bits per heavy atom. The Kier molecular flexibility index (Phi) is 4.81. The molecule has 0 unspecified atom stereocenters. The summed E-state index contributed by atoms with van der Waals surface area (Å²) in [4.78, 5) is 4.66. The van der Waals surface area contributed by atoms with Gasteiger partial charge in [0.25, 0.3) is 0 Å². The van der Waals surface area contributed by atoms with Crippen LogP contribution in [0.15, 0.2) is 45.8 Å². The van der Waals surface area contributed by atoms with Crippen molar-refractivity contribution in [3.05, 3.63) is 57.8 Å². The third kappa shape index (κ3) is 3.70. The summed E-state index contributed by atoms with van der Waals surface area (Å²) in [5.41, 5.74) is 2.33. The highest BCUT2D eigenvalue weighted by Crippen LogP contribution is 2.24. The standard InChI is InChI=1S/C15H17BrN2O2S/c1-11-7-8-13(16)9-15(11)21(19,20)18(3)10-14-6-4-5-12(2)17-14/h4-9H,10H2,1-3H3. The summed E-state index contributed by atoms with van der Waals surface area (Å²) in [6, 6.07) is 10.8. The number of aromatic nitrogens is 1. The van der Waals surface area contributed by atoms with E-state index in [1.165, 1.54) is 4.31 Å². The predicted octanol–water partition coefficient (Wildman–Crippen LogP) is 3.28. The SMILES string of the molecule is Cc1cccc(CN(C)S(=O)(=O)c2cc(Br)ccc2C)n1. The molecule has 0 saturated carbocycles. The zero-order valence-electron chi connectivity index (χ0n) is 12.2. The molecule has 112 valence electrons. The van der Waals surface area contributed by atoms with Crippen LogP contribution in [-0.4, -0.2) is 24.8 Å². The summed E-state index contributed by atoms with van der Waals surface area (Å²) in [5.74, 6) is 0. The third-order valence-electron chi connectivity index (χ3n) is 3.17. The van der Waals surface area contributed by atoms with E-state index in [0.29, 0.717) is 4.90 Å². The van der Waals surface area contributed by atoms with Crippen LogP contribution in [0.4, 0.5) is 0 Å². The first-order valence-electron chi connectivity index (χ1n) is 6.46. The number of hydrogen-bond acceptors (Lipinski definition) is 3. The van der Waals surface area contributed by atoms with E-state index in [1.807, 2.05) is 31.2 Å². The molecular formula is C15H17BrN2O2S. The number of nitrogens with zero attached hydrogens (tertiary/aromatic N) is 2. The zero-order chi connectivity index (χ0) is 15.6. The fraction of sp³-hybridized carbons (Fsp3) is 0.267. The minimum Gasteiger partial charge on any atom is -0.257 e. The van der Waals surface area contributed by atoms with E-state index in [4.69, 9.17) is 0 Å². The fourth-order valence-corrected chi connectivity index (χ4v) is 3.92. The molecule has 0 aliphatic carbocycles. The molecule has 2 aromatic rings. The Morgan fingerprint density at radius 2 is 1.90 bits per heavy atom. The minimum atomic E-state index is -3.54. The van der Waals surface area contributed by atoms with Gasteiger partial charge in [0.2, 0.25) is 10.0 Å². The smallest absolute Gasteiger partial charge is 0.243 e. The zero-order valence-corrected chi connectivity index (χ0v) is 14.6. The number of pyridine rings is 1. The van der Waals surface area contributed by atoms with Crippen LogP contribution in [0.25, 0.3) is 0 Å². The van der Waals surface area contributed by atoms with E-state index in [1.54, 1.807) is 26.1 Å². The van der Waals surface area contributed by atoms with Crippen LogP contribution >= 0.6 is 15.9 Å². The molecule has 4 nitrogen and oxygen atoms in total. The van der Waals surface area contributed by atoms with E-state index in [2.05, 4.69) is 20.9 Å². The maximum Gasteiger partial charge on any atom is 0.243 e. The van der Waals surface area contributed by atoms with Gasteiger partial charge in [-0.3, -0.25) is 4.98 Å². The van der Waals surface area contributed by atoms with Gasteiger partial charge in [-0.2, -0.15) is 4.31 Å². The molecule has 1 aromatic heterocycles. The second kappa shape index (κ2) is 6.25. The molecule has 1 aromatic carbocycles. The molecule has 0 saturated heterocycles. The summed E-state index contributed by atoms with van der Waals surface area (Å²) in [6.45, 7) is 3.92. The topological polar surface area (TPSA) is 50.3 Å². The lowest BCUT2D eigenvalue weighted by Crippen LogP contribution is -2.27. The summed E-state index contributed by atoms with van der Waals surface area (Å²) in [7, 11) is -1.97. The van der Waals surface area contributed by atoms with Crippen molar-refractivity contribution >= 4 is 26.0 Å². The lowest BCUT2D eigenvalue weighted by atomic mass is 10.2. The Morgan fingerprint density at radius 1 is 1.19 bits per heavy atom. The van der Waals surface area contributed by atoms with Gasteiger partial charge in [0.1, 0.15) is 0 Å². The predicted molar refractivity (Wildman–Crippen MR) is 86.5 cm³/mol. The normalized spacial score (nSPS) is 11.9. The van der Waals surface area contributed by atoms with Crippen molar-refractivity contribution < 1.29 is 8.42 Å². The first-order chi connectivity index (χ1) is 9.80. The van der Waals surface area contributed by atoms with Crippen LogP contribution in [0.3, 0.4) is 0 Å². The van der Waals surface area contributed by atoms with Crippen molar-refractivity contribution in [3.8, 4) is 0 Å². The van der Waals surface area contributed by atoms with E-state index >= 15 is 0 Å². The Labute approximate surface area is 134 Å². The second-order valence-corrected chi connectivity index (χ2v) is 7.87. The average molecular weight is 369 g/mol. The second-order valence-electron chi connectivity index (χ2n) is 4.94. The van der Waals surface area contributed by atoms with Crippen molar-refractivity contribution in [3.63, 3.8) is 0 Å². The van der Waals surface area contributed by atoms with Crippen LogP contribution in [0.2, 0.25) is 0 Å². The van der Waals surface area contributed by atoms with E-state index in [9.17, 15) is 8.42 Å². The Bertz CT molecular complexity index is 760. The van der Waals surface area contributed by atoms with Gasteiger partial charge in [-0.15, -0.1) is 0 Å². The highest BCUT2D eigenvalue weighted by molar-refractivity contribution is 9.10. The number of hydrogen-bond donors (Lipinski definition) is 0. The van der Waals surface area contributed by atoms with Crippen LogP contribution in [0, 0.1) is 13.8 Å². The van der Waals surface area contributed by atoms with Crippen molar-refractivity contribution in [1.29, 1.82) is 0 Å². The summed E-state index contributed by atoms with van der Waals surface area (Å²) in [5, 5.41) is 0. The van der Waals surface area contributed by atoms with Crippen molar-refractivity contribution in [2.45, 2.75) is 25.3 Å². The molecule has 0 atom stereocenters. The molecule has 0 bridgehead atoms. The quantitative estimate of drug-likeness (QED) is 0.831. The van der Waals surface area contributed by atoms with Crippen LogP contribution in [0.5, 0.6) is 0 Å². The molecule has 0 amide bonds. The Balaban J connectivity index is 2.33. The number of halogens is 1. The Hall–Kier alpha value is -1.24. The van der Waals surface area contributed by atoms with Gasteiger partial charge >= 0.3 is 0 Å². The highest BCUT2D eigenvalue weighted by atomic mass is 79.9. The summed E-state index contributed by atoms with van der Waals surface area (Å²) >= 11 is 3.32. The van der Waals surface area contributed by atoms with Gasteiger partial charge in [-0.25, -0.2) is 8.42 Å². The maximum absolute atomic E-state index is 12.7. The molecule has 6 heteroatoms. The lowest BCUT2D eigenvalue weighted by molar-refractivity contribution is 0.461. The average Bonchev–Trinajstić information content (AvgIpc) is 2.41. The van der Waals surface area contributed by atoms with Gasteiger partial charge in [0.05, 0.1) is 17.1 Å². The van der Waals surface area contributed by atoms with E-state index in [0.717, 1.165) is 21.4 Å². The van der Waals surface area contributed by atoms with Gasteiger partial charge < -0.3 is 0 Å². The van der Waals surface area contributed by atoms with Crippen LogP contribution in [0.1, 0.15) is 17.0 Å². The molecule has 0 radical (unpaired) electrons.